The van der Waals surface area contributed by atoms with Crippen LogP contribution in [0.2, 0.25) is 10.0 Å². The van der Waals surface area contributed by atoms with Crippen molar-refractivity contribution in [1.82, 2.24) is 5.32 Å². The molecule has 0 radical (unpaired) electrons. The van der Waals surface area contributed by atoms with E-state index in [2.05, 4.69) is 11.4 Å². The quantitative estimate of drug-likeness (QED) is 0.916. The van der Waals surface area contributed by atoms with Crippen molar-refractivity contribution in [2.24, 2.45) is 11.8 Å². The Bertz CT molecular complexity index is 531. The van der Waals surface area contributed by atoms with Crippen LogP contribution in [0.15, 0.2) is 18.2 Å². The lowest BCUT2D eigenvalue weighted by Gasteiger charge is -2.26. The molecule has 0 spiro atoms. The number of piperidine rings is 1. The fraction of sp³-hybridized carbons (Fsp3) is 0.625. The summed E-state index contributed by atoms with van der Waals surface area (Å²) in [6, 6.07) is 6.11. The molecule has 0 amide bonds. The van der Waals surface area contributed by atoms with Crippen LogP contribution in [0, 0.1) is 11.8 Å². The van der Waals surface area contributed by atoms with E-state index in [0.717, 1.165) is 19.7 Å². The highest BCUT2D eigenvalue weighted by Crippen LogP contribution is 2.62. The molecule has 2 aliphatic carbocycles. The second-order valence-corrected chi connectivity index (χ2v) is 7.21. The van der Waals surface area contributed by atoms with Crippen LogP contribution >= 0.6 is 23.2 Å². The largest absolute Gasteiger partial charge is 0.378 e. The van der Waals surface area contributed by atoms with Crippen LogP contribution in [-0.2, 0) is 10.2 Å². The molecule has 3 aliphatic rings. The lowest BCUT2D eigenvalue weighted by atomic mass is 9.93. The van der Waals surface area contributed by atoms with Gasteiger partial charge in [0.1, 0.15) is 0 Å². The molecule has 0 unspecified atom stereocenters. The van der Waals surface area contributed by atoms with Crippen LogP contribution in [0.1, 0.15) is 24.8 Å². The van der Waals surface area contributed by atoms with Crippen molar-refractivity contribution in [1.29, 1.82) is 0 Å². The molecule has 1 aromatic carbocycles. The van der Waals surface area contributed by atoms with Crippen LogP contribution in [0.5, 0.6) is 0 Å². The first kappa shape index (κ1) is 13.4. The SMILES string of the molecule is Clc1ccc([C@@]23CNC[C@@H]2[C@H]3COC2CCC2)cc1Cl. The van der Waals surface area contributed by atoms with Gasteiger partial charge in [-0.15, -0.1) is 0 Å². The van der Waals surface area contributed by atoms with Gasteiger partial charge in [-0.3, -0.25) is 0 Å². The molecule has 1 saturated heterocycles. The molecule has 1 heterocycles. The Morgan fingerprint density at radius 3 is 2.80 bits per heavy atom. The third-order valence-electron chi connectivity index (χ3n) is 5.50. The lowest BCUT2D eigenvalue weighted by Crippen LogP contribution is -2.28. The minimum absolute atomic E-state index is 0.234. The number of ether oxygens (including phenoxy) is 1. The monoisotopic (exact) mass is 311 g/mol. The molecule has 108 valence electrons. The molecule has 3 atom stereocenters. The van der Waals surface area contributed by atoms with Gasteiger partial charge in [0.15, 0.2) is 0 Å². The molecule has 1 aromatic rings. The van der Waals surface area contributed by atoms with Crippen LogP contribution in [0.3, 0.4) is 0 Å². The van der Waals surface area contributed by atoms with E-state index in [-0.39, 0.29) is 5.41 Å². The zero-order valence-electron chi connectivity index (χ0n) is 11.4. The van der Waals surface area contributed by atoms with Gasteiger partial charge in [0.05, 0.1) is 22.8 Å². The predicted octanol–water partition coefficient (Wildman–Crippen LogP) is 3.65. The first-order valence-corrected chi connectivity index (χ1v) is 8.25. The van der Waals surface area contributed by atoms with Crippen LogP contribution in [-0.4, -0.2) is 25.8 Å². The maximum Gasteiger partial charge on any atom is 0.0595 e. The van der Waals surface area contributed by atoms with Gasteiger partial charge in [-0.1, -0.05) is 29.3 Å². The van der Waals surface area contributed by atoms with E-state index in [9.17, 15) is 0 Å². The average Bonchev–Trinajstić information content (AvgIpc) is 2.79. The van der Waals surface area contributed by atoms with E-state index >= 15 is 0 Å². The maximum absolute atomic E-state index is 6.20. The summed E-state index contributed by atoms with van der Waals surface area (Å²) in [5.41, 5.74) is 1.56. The van der Waals surface area contributed by atoms with Gasteiger partial charge in [0, 0.05) is 12.0 Å². The van der Waals surface area contributed by atoms with Crippen molar-refractivity contribution in [3.63, 3.8) is 0 Å². The van der Waals surface area contributed by atoms with Gasteiger partial charge in [-0.25, -0.2) is 0 Å². The summed E-state index contributed by atoms with van der Waals surface area (Å²) in [6.45, 7) is 3.03. The van der Waals surface area contributed by atoms with E-state index in [1.807, 2.05) is 12.1 Å². The van der Waals surface area contributed by atoms with Crippen molar-refractivity contribution >= 4 is 23.2 Å². The van der Waals surface area contributed by atoms with Crippen LogP contribution < -0.4 is 5.32 Å². The average molecular weight is 312 g/mol. The highest BCUT2D eigenvalue weighted by Gasteiger charge is 2.67. The second-order valence-electron chi connectivity index (χ2n) is 6.40. The summed E-state index contributed by atoms with van der Waals surface area (Å²) >= 11 is 12.2. The lowest BCUT2D eigenvalue weighted by molar-refractivity contribution is -0.00759. The summed E-state index contributed by atoms with van der Waals surface area (Å²) in [7, 11) is 0. The van der Waals surface area contributed by atoms with E-state index < -0.39 is 0 Å². The van der Waals surface area contributed by atoms with E-state index in [1.165, 1.54) is 24.8 Å². The van der Waals surface area contributed by atoms with Crippen molar-refractivity contribution < 1.29 is 4.74 Å². The van der Waals surface area contributed by atoms with Gasteiger partial charge >= 0.3 is 0 Å². The Balaban J connectivity index is 1.53. The maximum atomic E-state index is 6.20. The zero-order chi connectivity index (χ0) is 13.7. The molecule has 2 nitrogen and oxygen atoms in total. The summed E-state index contributed by atoms with van der Waals surface area (Å²) in [5.74, 6) is 1.33. The molecule has 0 bridgehead atoms. The molecule has 1 aliphatic heterocycles. The number of benzene rings is 1. The van der Waals surface area contributed by atoms with Gasteiger partial charge < -0.3 is 10.1 Å². The van der Waals surface area contributed by atoms with Crippen molar-refractivity contribution in [3.8, 4) is 0 Å². The zero-order valence-corrected chi connectivity index (χ0v) is 12.9. The fourth-order valence-corrected chi connectivity index (χ4v) is 4.28. The van der Waals surface area contributed by atoms with E-state index in [1.54, 1.807) is 0 Å². The number of rotatable bonds is 4. The number of hydrogen-bond acceptors (Lipinski definition) is 2. The summed E-state index contributed by atoms with van der Waals surface area (Å²) < 4.78 is 6.05. The first-order valence-electron chi connectivity index (χ1n) is 7.49. The van der Waals surface area contributed by atoms with Gasteiger partial charge in [-0.2, -0.15) is 0 Å². The number of fused-ring (bicyclic) bond motifs is 1. The third-order valence-corrected chi connectivity index (χ3v) is 6.24. The molecule has 4 rings (SSSR count). The Kier molecular flexibility index (Phi) is 3.26. The second kappa shape index (κ2) is 4.88. The normalized spacial score (nSPS) is 35.7. The minimum atomic E-state index is 0.234. The van der Waals surface area contributed by atoms with Crippen molar-refractivity contribution in [2.45, 2.75) is 30.8 Å². The Morgan fingerprint density at radius 1 is 1.25 bits per heavy atom. The standard InChI is InChI=1S/C16H19Cl2NO/c17-14-5-4-10(6-15(14)18)16-9-19-7-12(16)13(16)8-20-11-2-1-3-11/h4-6,11-13,19H,1-3,7-9H2/t12-,13-,16+/m1/s1. The number of hydrogen-bond donors (Lipinski definition) is 1. The fourth-order valence-electron chi connectivity index (χ4n) is 3.98. The summed E-state index contributed by atoms with van der Waals surface area (Å²) in [6.07, 6.45) is 4.35. The first-order chi connectivity index (χ1) is 9.72. The van der Waals surface area contributed by atoms with Gasteiger partial charge in [0.2, 0.25) is 0 Å². The number of halogens is 2. The molecule has 0 aromatic heterocycles. The third kappa shape index (κ3) is 1.93. The summed E-state index contributed by atoms with van der Waals surface area (Å²) in [5, 5.41) is 4.81. The highest BCUT2D eigenvalue weighted by atomic mass is 35.5. The Labute approximate surface area is 129 Å². The molecular formula is C16H19Cl2NO. The van der Waals surface area contributed by atoms with Crippen LogP contribution in [0.4, 0.5) is 0 Å². The molecule has 2 saturated carbocycles. The van der Waals surface area contributed by atoms with Crippen molar-refractivity contribution in [3.05, 3.63) is 33.8 Å². The van der Waals surface area contributed by atoms with Gasteiger partial charge in [0.25, 0.3) is 0 Å². The van der Waals surface area contributed by atoms with E-state index in [4.69, 9.17) is 27.9 Å². The number of nitrogens with one attached hydrogen (secondary N) is 1. The van der Waals surface area contributed by atoms with Crippen molar-refractivity contribution in [2.75, 3.05) is 19.7 Å². The smallest absolute Gasteiger partial charge is 0.0595 e. The Hall–Kier alpha value is -0.280. The Morgan fingerprint density at radius 2 is 2.10 bits per heavy atom. The summed E-state index contributed by atoms with van der Waals surface area (Å²) in [4.78, 5) is 0. The topological polar surface area (TPSA) is 21.3 Å². The van der Waals surface area contributed by atoms with E-state index in [0.29, 0.717) is 28.0 Å². The van der Waals surface area contributed by atoms with Crippen LogP contribution in [0.25, 0.3) is 0 Å². The predicted molar refractivity (Wildman–Crippen MR) is 81.6 cm³/mol. The highest BCUT2D eigenvalue weighted by molar-refractivity contribution is 6.42. The van der Waals surface area contributed by atoms with Gasteiger partial charge in [-0.05, 0) is 55.3 Å². The molecule has 1 N–H and O–H groups in total. The minimum Gasteiger partial charge on any atom is -0.378 e. The molecular weight excluding hydrogens is 293 g/mol. The molecule has 3 fully saturated rings. The molecule has 4 heteroatoms. The molecule has 20 heavy (non-hydrogen) atoms.